The van der Waals surface area contributed by atoms with Crippen LogP contribution in [-0.4, -0.2) is 32.7 Å². The third-order valence-electron chi connectivity index (χ3n) is 2.45. The average Bonchev–Trinajstić information content (AvgIpc) is 2.85. The van der Waals surface area contributed by atoms with Gasteiger partial charge < -0.3 is 18.9 Å². The molecule has 0 unspecified atom stereocenters. The molecule has 2 rings (SSSR count). The van der Waals surface area contributed by atoms with Gasteiger partial charge in [0.15, 0.2) is 17.8 Å². The maximum absolute atomic E-state index is 5.67. The molecule has 0 N–H and O–H groups in total. The molecule has 1 aliphatic rings. The van der Waals surface area contributed by atoms with Gasteiger partial charge in [-0.25, -0.2) is 0 Å². The van der Waals surface area contributed by atoms with Gasteiger partial charge in [0.25, 0.3) is 0 Å². The van der Waals surface area contributed by atoms with Crippen molar-refractivity contribution in [3.63, 3.8) is 0 Å². The molecule has 0 amide bonds. The van der Waals surface area contributed by atoms with Crippen LogP contribution in [0.1, 0.15) is 13.3 Å². The SMILES string of the molecule is CCOc1ccccc1OCCC1OCCO1. The molecule has 1 aromatic carbocycles. The molecule has 0 aliphatic carbocycles. The van der Waals surface area contributed by atoms with E-state index in [1.54, 1.807) is 0 Å². The molecule has 1 aliphatic heterocycles. The lowest BCUT2D eigenvalue weighted by atomic mass is 10.3. The number of rotatable bonds is 6. The fourth-order valence-corrected chi connectivity index (χ4v) is 1.68. The summed E-state index contributed by atoms with van der Waals surface area (Å²) in [7, 11) is 0. The van der Waals surface area contributed by atoms with E-state index in [0.717, 1.165) is 17.9 Å². The van der Waals surface area contributed by atoms with Crippen molar-refractivity contribution in [2.75, 3.05) is 26.4 Å². The van der Waals surface area contributed by atoms with Crippen LogP contribution < -0.4 is 9.47 Å². The molecule has 94 valence electrons. The number of hydrogen-bond acceptors (Lipinski definition) is 4. The van der Waals surface area contributed by atoms with Gasteiger partial charge in [0.2, 0.25) is 0 Å². The van der Waals surface area contributed by atoms with E-state index < -0.39 is 0 Å². The lowest BCUT2D eigenvalue weighted by Crippen LogP contribution is -2.13. The highest BCUT2D eigenvalue weighted by molar-refractivity contribution is 5.39. The maximum atomic E-state index is 5.67. The van der Waals surface area contributed by atoms with Gasteiger partial charge in [-0.1, -0.05) is 12.1 Å². The van der Waals surface area contributed by atoms with Crippen molar-refractivity contribution in [1.29, 1.82) is 0 Å². The summed E-state index contributed by atoms with van der Waals surface area (Å²) >= 11 is 0. The molecule has 0 spiro atoms. The average molecular weight is 238 g/mol. The van der Waals surface area contributed by atoms with Gasteiger partial charge in [0, 0.05) is 6.42 Å². The van der Waals surface area contributed by atoms with Crippen LogP contribution in [0.2, 0.25) is 0 Å². The quantitative estimate of drug-likeness (QED) is 0.761. The summed E-state index contributed by atoms with van der Waals surface area (Å²) in [5.74, 6) is 1.55. The number of hydrogen-bond donors (Lipinski definition) is 0. The first kappa shape index (κ1) is 12.2. The van der Waals surface area contributed by atoms with Crippen molar-refractivity contribution < 1.29 is 18.9 Å². The Labute approximate surface area is 101 Å². The second-order valence-electron chi connectivity index (χ2n) is 3.69. The Kier molecular flexibility index (Phi) is 4.64. The first-order valence-electron chi connectivity index (χ1n) is 5.98. The maximum Gasteiger partial charge on any atom is 0.161 e. The Morgan fingerprint density at radius 3 is 2.41 bits per heavy atom. The summed E-state index contributed by atoms with van der Waals surface area (Å²) in [5, 5.41) is 0. The number of para-hydroxylation sites is 2. The van der Waals surface area contributed by atoms with Crippen LogP contribution in [0.25, 0.3) is 0 Å². The lowest BCUT2D eigenvalue weighted by Gasteiger charge is -2.13. The zero-order valence-corrected chi connectivity index (χ0v) is 10.1. The van der Waals surface area contributed by atoms with Gasteiger partial charge in [-0.2, -0.15) is 0 Å². The molecule has 0 atom stereocenters. The molecule has 1 fully saturated rings. The topological polar surface area (TPSA) is 36.9 Å². The summed E-state index contributed by atoms with van der Waals surface area (Å²) in [6, 6.07) is 7.67. The van der Waals surface area contributed by atoms with E-state index in [9.17, 15) is 0 Å². The molecular formula is C13H18O4. The van der Waals surface area contributed by atoms with E-state index in [0.29, 0.717) is 26.4 Å². The molecule has 1 saturated heterocycles. The Morgan fingerprint density at radius 2 is 1.76 bits per heavy atom. The smallest absolute Gasteiger partial charge is 0.161 e. The molecule has 4 heteroatoms. The fraction of sp³-hybridized carbons (Fsp3) is 0.538. The van der Waals surface area contributed by atoms with E-state index in [2.05, 4.69) is 0 Å². The Bertz CT molecular complexity index is 334. The van der Waals surface area contributed by atoms with Gasteiger partial charge in [-0.05, 0) is 19.1 Å². The Hall–Kier alpha value is -1.26. The summed E-state index contributed by atoms with van der Waals surface area (Å²) in [4.78, 5) is 0. The minimum Gasteiger partial charge on any atom is -0.490 e. The van der Waals surface area contributed by atoms with Crippen LogP contribution in [0.3, 0.4) is 0 Å². The van der Waals surface area contributed by atoms with Crippen molar-refractivity contribution in [2.45, 2.75) is 19.6 Å². The molecule has 0 radical (unpaired) electrons. The summed E-state index contributed by atoms with van der Waals surface area (Å²) < 4.78 is 21.8. The van der Waals surface area contributed by atoms with Crippen molar-refractivity contribution in [1.82, 2.24) is 0 Å². The summed E-state index contributed by atoms with van der Waals surface area (Å²) in [6.07, 6.45) is 0.620. The van der Waals surface area contributed by atoms with E-state index in [1.807, 2.05) is 31.2 Å². The lowest BCUT2D eigenvalue weighted by molar-refractivity contribution is -0.0532. The molecular weight excluding hydrogens is 220 g/mol. The van der Waals surface area contributed by atoms with E-state index in [-0.39, 0.29) is 6.29 Å². The largest absolute Gasteiger partial charge is 0.490 e. The van der Waals surface area contributed by atoms with Crippen molar-refractivity contribution in [3.8, 4) is 11.5 Å². The van der Waals surface area contributed by atoms with Crippen molar-refractivity contribution >= 4 is 0 Å². The molecule has 1 aromatic rings. The third kappa shape index (κ3) is 3.61. The van der Waals surface area contributed by atoms with Crippen molar-refractivity contribution in [2.24, 2.45) is 0 Å². The standard InChI is InChI=1S/C13H18O4/c1-2-14-11-5-3-4-6-12(11)15-8-7-13-16-9-10-17-13/h3-6,13H,2,7-10H2,1H3. The normalized spacial score (nSPS) is 16.1. The molecule has 0 bridgehead atoms. The predicted octanol–water partition coefficient (Wildman–Crippen LogP) is 2.23. The van der Waals surface area contributed by atoms with Crippen LogP contribution in [0.15, 0.2) is 24.3 Å². The molecule has 17 heavy (non-hydrogen) atoms. The van der Waals surface area contributed by atoms with E-state index in [4.69, 9.17) is 18.9 Å². The second-order valence-corrected chi connectivity index (χ2v) is 3.69. The minimum atomic E-state index is -0.116. The van der Waals surface area contributed by atoms with Gasteiger partial charge in [-0.3, -0.25) is 0 Å². The fourth-order valence-electron chi connectivity index (χ4n) is 1.68. The third-order valence-corrected chi connectivity index (χ3v) is 2.45. The van der Waals surface area contributed by atoms with Gasteiger partial charge in [0.05, 0.1) is 26.4 Å². The first-order valence-corrected chi connectivity index (χ1v) is 5.98. The molecule has 0 aromatic heterocycles. The summed E-state index contributed by atoms with van der Waals surface area (Å²) in [5.41, 5.74) is 0. The van der Waals surface area contributed by atoms with E-state index >= 15 is 0 Å². The van der Waals surface area contributed by atoms with Crippen LogP contribution >= 0.6 is 0 Å². The highest BCUT2D eigenvalue weighted by Crippen LogP contribution is 2.26. The Morgan fingerprint density at radius 1 is 1.12 bits per heavy atom. The van der Waals surface area contributed by atoms with E-state index in [1.165, 1.54) is 0 Å². The predicted molar refractivity (Wildman–Crippen MR) is 63.4 cm³/mol. The Balaban J connectivity index is 1.80. The molecule has 4 nitrogen and oxygen atoms in total. The van der Waals surface area contributed by atoms with Crippen LogP contribution in [0.4, 0.5) is 0 Å². The highest BCUT2D eigenvalue weighted by Gasteiger charge is 2.15. The zero-order valence-electron chi connectivity index (χ0n) is 10.1. The number of ether oxygens (including phenoxy) is 4. The first-order chi connectivity index (χ1) is 8.40. The molecule has 1 heterocycles. The molecule has 0 saturated carbocycles. The summed E-state index contributed by atoms with van der Waals surface area (Å²) in [6.45, 7) is 4.52. The number of benzene rings is 1. The van der Waals surface area contributed by atoms with Crippen molar-refractivity contribution in [3.05, 3.63) is 24.3 Å². The second kappa shape index (κ2) is 6.47. The highest BCUT2D eigenvalue weighted by atomic mass is 16.7. The van der Waals surface area contributed by atoms with Crippen LogP contribution in [-0.2, 0) is 9.47 Å². The minimum absolute atomic E-state index is 0.116. The van der Waals surface area contributed by atoms with Crippen LogP contribution in [0, 0.1) is 0 Å². The van der Waals surface area contributed by atoms with Gasteiger partial charge >= 0.3 is 0 Å². The van der Waals surface area contributed by atoms with Crippen LogP contribution in [0.5, 0.6) is 11.5 Å². The van der Waals surface area contributed by atoms with Gasteiger partial charge in [0.1, 0.15) is 0 Å². The van der Waals surface area contributed by atoms with Gasteiger partial charge in [-0.15, -0.1) is 0 Å². The monoisotopic (exact) mass is 238 g/mol. The zero-order chi connectivity index (χ0) is 11.9.